The first-order valence-corrected chi connectivity index (χ1v) is 4.86. The van der Waals surface area contributed by atoms with Gasteiger partial charge in [-0.25, -0.2) is 0 Å². The fourth-order valence-corrected chi connectivity index (χ4v) is 1.91. The molecule has 0 heterocycles. The molecule has 0 bridgehead atoms. The Hall–Kier alpha value is -0.290. The van der Waals surface area contributed by atoms with Crippen LogP contribution in [-0.2, 0) is 13.6 Å². The van der Waals surface area contributed by atoms with E-state index in [0.29, 0.717) is 6.42 Å². The van der Waals surface area contributed by atoms with Crippen molar-refractivity contribution in [3.05, 3.63) is 0 Å². The van der Waals surface area contributed by atoms with E-state index in [0.717, 1.165) is 0 Å². The van der Waals surface area contributed by atoms with E-state index in [1.54, 1.807) is 6.92 Å². The molecule has 4 heteroatoms. The van der Waals surface area contributed by atoms with Gasteiger partial charge >= 0.3 is 7.60 Å². The van der Waals surface area contributed by atoms with Gasteiger partial charge in [0.25, 0.3) is 0 Å². The van der Waals surface area contributed by atoms with Crippen LogP contribution < -0.4 is 0 Å². The molecule has 1 unspecified atom stereocenters. The molecule has 0 aromatic heterocycles. The lowest BCUT2D eigenvalue weighted by molar-refractivity contribution is 0.267. The van der Waals surface area contributed by atoms with Crippen molar-refractivity contribution in [2.45, 2.75) is 19.0 Å². The third-order valence-electron chi connectivity index (χ3n) is 1.46. The predicted octanol–water partition coefficient (Wildman–Crippen LogP) is 1.88. The third kappa shape index (κ3) is 2.67. The molecule has 0 fully saturated rings. The van der Waals surface area contributed by atoms with Gasteiger partial charge in [0.1, 0.15) is 0 Å². The lowest BCUT2D eigenvalue weighted by atomic mass is 10.3. The Morgan fingerprint density at radius 2 is 2.00 bits per heavy atom. The number of rotatable bonds is 4. The van der Waals surface area contributed by atoms with Crippen LogP contribution in [0.4, 0.5) is 0 Å². The fraction of sp³-hybridized carbons (Fsp3) is 0.714. The average Bonchev–Trinajstić information content (AvgIpc) is 2.03. The van der Waals surface area contributed by atoms with Crippen molar-refractivity contribution in [2.24, 2.45) is 0 Å². The second kappa shape index (κ2) is 4.56. The second-order valence-corrected chi connectivity index (χ2v) is 4.85. The quantitative estimate of drug-likeness (QED) is 0.484. The first-order chi connectivity index (χ1) is 5.10. The maximum absolute atomic E-state index is 11.5. The number of hydrogen-bond acceptors (Lipinski definition) is 3. The van der Waals surface area contributed by atoms with E-state index in [2.05, 4.69) is 5.92 Å². The van der Waals surface area contributed by atoms with E-state index in [1.807, 2.05) is 0 Å². The van der Waals surface area contributed by atoms with Gasteiger partial charge in [-0.1, -0.05) is 6.92 Å². The molecule has 0 saturated heterocycles. The maximum atomic E-state index is 11.5. The molecule has 0 spiro atoms. The van der Waals surface area contributed by atoms with Gasteiger partial charge < -0.3 is 9.05 Å². The molecule has 1 atom stereocenters. The lowest BCUT2D eigenvalue weighted by Crippen LogP contribution is -2.05. The normalized spacial score (nSPS) is 14.0. The molecule has 0 aromatic rings. The summed E-state index contributed by atoms with van der Waals surface area (Å²) < 4.78 is 21.0. The zero-order valence-corrected chi connectivity index (χ0v) is 7.93. The van der Waals surface area contributed by atoms with Gasteiger partial charge in [-0.15, -0.1) is 12.3 Å². The molecular formula is C7H13O3P. The van der Waals surface area contributed by atoms with Gasteiger partial charge in [0.15, 0.2) is 0 Å². The Morgan fingerprint density at radius 3 is 2.27 bits per heavy atom. The van der Waals surface area contributed by atoms with Gasteiger partial charge in [0.2, 0.25) is 0 Å². The van der Waals surface area contributed by atoms with E-state index in [9.17, 15) is 4.57 Å². The van der Waals surface area contributed by atoms with Gasteiger partial charge in [0, 0.05) is 20.6 Å². The summed E-state index contributed by atoms with van der Waals surface area (Å²) >= 11 is 0. The number of terminal acetylenes is 1. The summed E-state index contributed by atoms with van der Waals surface area (Å²) in [6, 6.07) is 0. The van der Waals surface area contributed by atoms with Gasteiger partial charge in [-0.2, -0.15) is 0 Å². The summed E-state index contributed by atoms with van der Waals surface area (Å²) in [6.07, 6.45) is 5.46. The Bertz CT molecular complexity index is 186. The van der Waals surface area contributed by atoms with E-state index >= 15 is 0 Å². The van der Waals surface area contributed by atoms with Crippen molar-refractivity contribution in [1.29, 1.82) is 0 Å². The molecule has 0 aliphatic carbocycles. The van der Waals surface area contributed by atoms with Crippen molar-refractivity contribution in [3.63, 3.8) is 0 Å². The minimum Gasteiger partial charge on any atom is -0.312 e. The van der Waals surface area contributed by atoms with E-state index < -0.39 is 7.60 Å². The standard InChI is InChI=1S/C7H13O3P/c1-5-6-7(2)11(8,9-3)10-4/h1,7H,6H2,2-4H3. The summed E-state index contributed by atoms with van der Waals surface area (Å²) in [5.74, 6) is 2.41. The highest BCUT2D eigenvalue weighted by Crippen LogP contribution is 2.52. The highest BCUT2D eigenvalue weighted by Gasteiger charge is 2.28. The van der Waals surface area contributed by atoms with E-state index in [-0.39, 0.29) is 5.66 Å². The minimum absolute atomic E-state index is 0.234. The van der Waals surface area contributed by atoms with Gasteiger partial charge in [0.05, 0.1) is 5.66 Å². The van der Waals surface area contributed by atoms with Crippen molar-refractivity contribution >= 4 is 7.60 Å². The van der Waals surface area contributed by atoms with Crippen molar-refractivity contribution < 1.29 is 13.6 Å². The summed E-state index contributed by atoms with van der Waals surface area (Å²) in [5, 5.41) is 0. The zero-order chi connectivity index (χ0) is 8.91. The van der Waals surface area contributed by atoms with Crippen LogP contribution >= 0.6 is 7.60 Å². The fourth-order valence-electron chi connectivity index (χ4n) is 0.717. The zero-order valence-electron chi connectivity index (χ0n) is 7.03. The molecule has 3 nitrogen and oxygen atoms in total. The Labute approximate surface area is 67.6 Å². The molecule has 0 rings (SSSR count). The summed E-state index contributed by atoms with van der Waals surface area (Å²) in [6.45, 7) is 1.74. The SMILES string of the molecule is C#CCC(C)P(=O)(OC)OC. The summed E-state index contributed by atoms with van der Waals surface area (Å²) in [5.41, 5.74) is -0.234. The van der Waals surface area contributed by atoms with Crippen molar-refractivity contribution in [2.75, 3.05) is 14.2 Å². The molecule has 0 aromatic carbocycles. The molecule has 64 valence electrons. The van der Waals surface area contributed by atoms with Crippen LogP contribution in [0.5, 0.6) is 0 Å². The van der Waals surface area contributed by atoms with Crippen LogP contribution in [0.2, 0.25) is 0 Å². The first-order valence-electron chi connectivity index (χ1n) is 3.25. The van der Waals surface area contributed by atoms with Gasteiger partial charge in [-0.3, -0.25) is 4.57 Å². The van der Waals surface area contributed by atoms with Crippen LogP contribution in [0.15, 0.2) is 0 Å². The molecule has 0 saturated carbocycles. The van der Waals surface area contributed by atoms with Crippen LogP contribution in [0.1, 0.15) is 13.3 Å². The Balaban J connectivity index is 4.27. The monoisotopic (exact) mass is 176 g/mol. The Morgan fingerprint density at radius 1 is 1.55 bits per heavy atom. The summed E-state index contributed by atoms with van der Waals surface area (Å²) in [4.78, 5) is 0. The van der Waals surface area contributed by atoms with Crippen LogP contribution in [0.3, 0.4) is 0 Å². The van der Waals surface area contributed by atoms with Crippen molar-refractivity contribution in [1.82, 2.24) is 0 Å². The molecular weight excluding hydrogens is 163 g/mol. The highest BCUT2D eigenvalue weighted by atomic mass is 31.2. The topological polar surface area (TPSA) is 35.5 Å². The second-order valence-electron chi connectivity index (χ2n) is 2.16. The van der Waals surface area contributed by atoms with E-state index in [1.165, 1.54) is 14.2 Å². The summed E-state index contributed by atoms with van der Waals surface area (Å²) in [7, 11) is -0.214. The minimum atomic E-state index is -2.93. The molecule has 0 radical (unpaired) electrons. The number of hydrogen-bond donors (Lipinski definition) is 0. The molecule has 11 heavy (non-hydrogen) atoms. The molecule has 0 aliphatic rings. The maximum Gasteiger partial charge on any atom is 0.333 e. The highest BCUT2D eigenvalue weighted by molar-refractivity contribution is 7.54. The van der Waals surface area contributed by atoms with Crippen LogP contribution in [-0.4, -0.2) is 19.9 Å². The van der Waals surface area contributed by atoms with Gasteiger partial charge in [-0.05, 0) is 0 Å². The Kier molecular flexibility index (Phi) is 4.44. The largest absolute Gasteiger partial charge is 0.333 e. The lowest BCUT2D eigenvalue weighted by Gasteiger charge is -2.18. The third-order valence-corrected chi connectivity index (χ3v) is 3.74. The van der Waals surface area contributed by atoms with Crippen LogP contribution in [0, 0.1) is 12.3 Å². The van der Waals surface area contributed by atoms with Crippen molar-refractivity contribution in [3.8, 4) is 12.3 Å². The van der Waals surface area contributed by atoms with Crippen LogP contribution in [0.25, 0.3) is 0 Å². The molecule has 0 aliphatic heterocycles. The predicted molar refractivity (Wildman–Crippen MR) is 44.5 cm³/mol. The molecule has 0 amide bonds. The van der Waals surface area contributed by atoms with E-state index in [4.69, 9.17) is 15.5 Å². The smallest absolute Gasteiger partial charge is 0.312 e. The molecule has 0 N–H and O–H groups in total. The first kappa shape index (κ1) is 10.7. The average molecular weight is 176 g/mol.